The maximum atomic E-state index is 7.07. The van der Waals surface area contributed by atoms with Crippen molar-refractivity contribution in [1.29, 1.82) is 0 Å². The van der Waals surface area contributed by atoms with Crippen LogP contribution in [0, 0.1) is 6.92 Å². The number of hydrogen-bond donors (Lipinski definition) is 0. The van der Waals surface area contributed by atoms with Gasteiger partial charge in [0.05, 0.1) is 16.7 Å². The Kier molecular flexibility index (Phi) is 7.16. The average molecular weight is 795 g/mol. The summed E-state index contributed by atoms with van der Waals surface area (Å²) in [6.07, 6.45) is 2.35. The van der Waals surface area contributed by atoms with Crippen LogP contribution in [0.2, 0.25) is 0 Å². The molecule has 61 heavy (non-hydrogen) atoms. The predicted molar refractivity (Wildman–Crippen MR) is 262 cm³/mol. The van der Waals surface area contributed by atoms with Gasteiger partial charge in [0.2, 0.25) is 0 Å². The van der Waals surface area contributed by atoms with Crippen molar-refractivity contribution in [3.63, 3.8) is 0 Å². The number of aryl methyl sites for hydroxylation is 1. The molecule has 0 fully saturated rings. The Labute approximate surface area is 360 Å². The van der Waals surface area contributed by atoms with E-state index in [0.717, 1.165) is 21.9 Å². The molecule has 3 nitrogen and oxygen atoms in total. The molecule has 0 amide bonds. The lowest BCUT2D eigenvalue weighted by Gasteiger charge is -2.46. The van der Waals surface area contributed by atoms with Gasteiger partial charge in [0, 0.05) is 43.9 Å². The van der Waals surface area contributed by atoms with Crippen molar-refractivity contribution in [1.82, 2.24) is 4.57 Å². The summed E-state index contributed by atoms with van der Waals surface area (Å²) in [5.74, 6) is 0. The summed E-state index contributed by atoms with van der Waals surface area (Å²) in [7, 11) is 0. The zero-order chi connectivity index (χ0) is 42.3. The molecule has 1 aliphatic carbocycles. The molecule has 0 atom stereocenters. The molecule has 9 aromatic rings. The molecular formula is C57H55BN2O. The first-order chi connectivity index (χ1) is 28.9. The smallest absolute Gasteiger partial charge is 0.333 e. The van der Waals surface area contributed by atoms with Crippen molar-refractivity contribution >= 4 is 83.7 Å². The second-order valence-corrected chi connectivity index (χ2v) is 22.1. The van der Waals surface area contributed by atoms with Crippen LogP contribution in [-0.2, 0) is 21.7 Å². The Balaban J connectivity index is 1.31. The zero-order valence-electron chi connectivity index (χ0n) is 37.7. The fourth-order valence-electron chi connectivity index (χ4n) is 11.6. The molecule has 0 unspecified atom stereocenters. The van der Waals surface area contributed by atoms with Gasteiger partial charge in [-0.15, -0.1) is 0 Å². The first-order valence-electron chi connectivity index (χ1n) is 22.5. The number of nitrogens with zero attached hydrogens (tertiary/aromatic N) is 2. The summed E-state index contributed by atoms with van der Waals surface area (Å²) in [6.45, 7) is 26.2. The van der Waals surface area contributed by atoms with Crippen LogP contribution < -0.4 is 15.7 Å². The minimum Gasteiger partial charge on any atom is -0.455 e. The van der Waals surface area contributed by atoms with Gasteiger partial charge in [0.1, 0.15) is 11.2 Å². The topological polar surface area (TPSA) is 21.3 Å². The van der Waals surface area contributed by atoms with Gasteiger partial charge in [-0.25, -0.2) is 0 Å². The summed E-state index contributed by atoms with van der Waals surface area (Å²) >= 11 is 0. The highest BCUT2D eigenvalue weighted by atomic mass is 16.3. The maximum absolute atomic E-state index is 7.07. The van der Waals surface area contributed by atoms with Crippen LogP contribution in [0.25, 0.3) is 71.3 Å². The van der Waals surface area contributed by atoms with Crippen LogP contribution >= 0.6 is 0 Å². The van der Waals surface area contributed by atoms with Gasteiger partial charge in [-0.05, 0) is 140 Å². The van der Waals surface area contributed by atoms with Gasteiger partial charge in [-0.1, -0.05) is 130 Å². The highest BCUT2D eigenvalue weighted by Crippen LogP contribution is 2.53. The molecule has 4 heterocycles. The zero-order valence-corrected chi connectivity index (χ0v) is 37.7. The van der Waals surface area contributed by atoms with Crippen molar-refractivity contribution in [3.8, 4) is 16.8 Å². The second-order valence-electron chi connectivity index (χ2n) is 22.1. The molecule has 2 aliphatic heterocycles. The summed E-state index contributed by atoms with van der Waals surface area (Å²) in [4.78, 5) is 2.75. The lowest BCUT2D eigenvalue weighted by molar-refractivity contribution is 0.332. The molecule has 0 N–H and O–H groups in total. The lowest BCUT2D eigenvalue weighted by Crippen LogP contribution is -2.61. The number of benzene rings is 7. The van der Waals surface area contributed by atoms with E-state index in [2.05, 4.69) is 195 Å². The Bertz CT molecular complexity index is 3410. The molecule has 0 spiro atoms. The molecule has 7 aromatic carbocycles. The molecule has 2 aromatic heterocycles. The third-order valence-electron chi connectivity index (χ3n) is 15.2. The number of hydrogen-bond acceptors (Lipinski definition) is 2. The highest BCUT2D eigenvalue weighted by molar-refractivity contribution is 6.94. The SMILES string of the molecule is Cc1cc2c(cc1N1B3c4c(cc5ccccc5c4-n4c5ccc(C(C)(C)C)cc5c5cc(C(C)(C)C)cc3c54)-c3c1ccc1c3oc3ccccc31)C(C)(C)CCC2(C)C. The van der Waals surface area contributed by atoms with Crippen LogP contribution in [-0.4, -0.2) is 11.4 Å². The minimum atomic E-state index is -0.0934. The summed E-state index contributed by atoms with van der Waals surface area (Å²) in [6, 6.07) is 42.4. The molecule has 0 radical (unpaired) electrons. The van der Waals surface area contributed by atoms with Gasteiger partial charge in [0.15, 0.2) is 0 Å². The van der Waals surface area contributed by atoms with Crippen LogP contribution in [0.1, 0.15) is 110 Å². The quantitative estimate of drug-likeness (QED) is 0.154. The highest BCUT2D eigenvalue weighted by Gasteiger charge is 2.47. The predicted octanol–water partition coefficient (Wildman–Crippen LogP) is 14.3. The number of furan rings is 1. The van der Waals surface area contributed by atoms with Gasteiger partial charge >= 0.3 is 6.85 Å². The van der Waals surface area contributed by atoms with Crippen molar-refractivity contribution in [2.45, 2.75) is 111 Å². The van der Waals surface area contributed by atoms with Crippen LogP contribution in [0.3, 0.4) is 0 Å². The number of fused-ring (bicyclic) bond motifs is 14. The number of para-hydroxylation sites is 1. The normalized spacial score (nSPS) is 16.5. The van der Waals surface area contributed by atoms with E-state index < -0.39 is 0 Å². The number of anilines is 2. The molecule has 0 saturated heterocycles. The van der Waals surface area contributed by atoms with Gasteiger partial charge in [0.25, 0.3) is 0 Å². The maximum Gasteiger partial charge on any atom is 0.333 e. The lowest BCUT2D eigenvalue weighted by atomic mass is 9.43. The molecule has 3 aliphatic rings. The van der Waals surface area contributed by atoms with E-state index in [1.807, 2.05) is 0 Å². The first-order valence-corrected chi connectivity index (χ1v) is 22.5. The van der Waals surface area contributed by atoms with Crippen LogP contribution in [0.15, 0.2) is 114 Å². The van der Waals surface area contributed by atoms with Crippen molar-refractivity contribution in [2.75, 3.05) is 4.81 Å². The van der Waals surface area contributed by atoms with E-state index in [-0.39, 0.29) is 28.5 Å². The third kappa shape index (κ3) is 4.94. The van der Waals surface area contributed by atoms with E-state index in [1.165, 1.54) is 112 Å². The summed E-state index contributed by atoms with van der Waals surface area (Å²) in [5.41, 5.74) is 20.5. The summed E-state index contributed by atoms with van der Waals surface area (Å²) in [5, 5.41) is 7.51. The van der Waals surface area contributed by atoms with Crippen LogP contribution in [0.5, 0.6) is 0 Å². The fourth-order valence-corrected chi connectivity index (χ4v) is 11.6. The number of rotatable bonds is 1. The van der Waals surface area contributed by atoms with Crippen molar-refractivity contribution in [3.05, 3.63) is 137 Å². The third-order valence-corrected chi connectivity index (χ3v) is 15.2. The van der Waals surface area contributed by atoms with E-state index in [1.54, 1.807) is 0 Å². The molecule has 4 heteroatoms. The Hall–Kier alpha value is -5.74. The van der Waals surface area contributed by atoms with Gasteiger partial charge < -0.3 is 13.8 Å². The van der Waals surface area contributed by atoms with E-state index in [9.17, 15) is 0 Å². The Morgan fingerprint density at radius 1 is 0.607 bits per heavy atom. The van der Waals surface area contributed by atoms with Crippen molar-refractivity contribution in [2.24, 2.45) is 0 Å². The Morgan fingerprint density at radius 2 is 1.28 bits per heavy atom. The average Bonchev–Trinajstić information content (AvgIpc) is 3.76. The molecule has 0 bridgehead atoms. The Morgan fingerprint density at radius 3 is 2.02 bits per heavy atom. The standard InChI is InChI=1S/C57H55BN2O/c1-32-26-42-43(57(10,11)25-24-56(42,8)9)31-47(32)60-46-23-21-38-37-18-14-15-19-48(37)61-53(38)49(46)41-27-33-16-12-13-17-36(33)52-50(41)58(60)44-30-35(55(5,6)7)29-40-39-28-34(54(2,3)4)20-22-45(39)59(52)51(40)44/h12-23,26-31H,24-25H2,1-11H3. The fraction of sp³-hybridized carbons (Fsp3) is 0.298. The van der Waals surface area contributed by atoms with E-state index in [4.69, 9.17) is 4.42 Å². The monoisotopic (exact) mass is 794 g/mol. The minimum absolute atomic E-state index is 0.0131. The van der Waals surface area contributed by atoms with Crippen LogP contribution in [0.4, 0.5) is 11.4 Å². The second kappa shape index (κ2) is 11.8. The van der Waals surface area contributed by atoms with E-state index >= 15 is 0 Å². The largest absolute Gasteiger partial charge is 0.455 e. The summed E-state index contributed by atoms with van der Waals surface area (Å²) < 4.78 is 9.73. The van der Waals surface area contributed by atoms with Gasteiger partial charge in [-0.2, -0.15) is 0 Å². The van der Waals surface area contributed by atoms with Crippen molar-refractivity contribution < 1.29 is 4.42 Å². The molecule has 302 valence electrons. The number of aromatic nitrogens is 1. The molecule has 12 rings (SSSR count). The van der Waals surface area contributed by atoms with Gasteiger partial charge in [-0.3, -0.25) is 0 Å². The molecular weight excluding hydrogens is 739 g/mol. The first kappa shape index (κ1) is 37.1. The van der Waals surface area contributed by atoms with E-state index in [0.29, 0.717) is 0 Å². The molecule has 0 saturated carbocycles.